The molecule has 1 aliphatic carbocycles. The third-order valence-corrected chi connectivity index (χ3v) is 3.05. The molecule has 7 heteroatoms. The lowest BCUT2D eigenvalue weighted by atomic mass is 10.1. The molecular formula is C13H14N4O3. The first-order chi connectivity index (χ1) is 9.51. The zero-order valence-corrected chi connectivity index (χ0v) is 11.0. The number of nitriles is 1. The lowest BCUT2D eigenvalue weighted by molar-refractivity contribution is -0.384. The molecule has 1 fully saturated rings. The molecule has 0 radical (unpaired) electrons. The first-order valence-electron chi connectivity index (χ1n) is 6.20. The molecule has 1 aliphatic rings. The average molecular weight is 274 g/mol. The Morgan fingerprint density at radius 2 is 2.30 bits per heavy atom. The normalized spacial score (nSPS) is 13.4. The number of hydrogen-bond donors (Lipinski definition) is 1. The molecule has 0 unspecified atom stereocenters. The molecule has 0 heterocycles. The largest absolute Gasteiger partial charge is 0.364 e. The second kappa shape index (κ2) is 5.57. The van der Waals surface area contributed by atoms with Gasteiger partial charge in [0, 0.05) is 25.2 Å². The van der Waals surface area contributed by atoms with Gasteiger partial charge in [0.2, 0.25) is 5.91 Å². The second-order valence-corrected chi connectivity index (χ2v) is 4.77. The van der Waals surface area contributed by atoms with E-state index in [9.17, 15) is 14.9 Å². The Hall–Kier alpha value is -2.62. The summed E-state index contributed by atoms with van der Waals surface area (Å²) >= 11 is 0. The van der Waals surface area contributed by atoms with Gasteiger partial charge in [-0.3, -0.25) is 14.9 Å². The monoisotopic (exact) mass is 274 g/mol. The van der Waals surface area contributed by atoms with Gasteiger partial charge in [-0.05, 0) is 18.9 Å². The number of likely N-dealkylation sites (N-methyl/N-ethyl adjacent to an activating group) is 1. The van der Waals surface area contributed by atoms with Crippen LogP contribution in [-0.4, -0.2) is 30.5 Å². The molecule has 1 N–H and O–H groups in total. The number of benzene rings is 1. The summed E-state index contributed by atoms with van der Waals surface area (Å²) < 4.78 is 0. The van der Waals surface area contributed by atoms with Crippen molar-refractivity contribution in [3.05, 3.63) is 33.9 Å². The van der Waals surface area contributed by atoms with Gasteiger partial charge in [0.25, 0.3) is 5.69 Å². The highest BCUT2D eigenvalue weighted by atomic mass is 16.6. The Balaban J connectivity index is 2.12. The maximum atomic E-state index is 11.7. The van der Waals surface area contributed by atoms with Gasteiger partial charge < -0.3 is 10.2 Å². The maximum absolute atomic E-state index is 11.7. The molecule has 2 rings (SSSR count). The summed E-state index contributed by atoms with van der Waals surface area (Å²) in [5, 5.41) is 22.6. The SMILES string of the molecule is CN(CC(=O)NC1CC1)c1ccc([N+](=O)[O-])cc1C#N. The predicted octanol–water partition coefficient (Wildman–Crippen LogP) is 1.18. The topological polar surface area (TPSA) is 99.3 Å². The van der Waals surface area contributed by atoms with Crippen LogP contribution in [0.25, 0.3) is 0 Å². The zero-order chi connectivity index (χ0) is 14.7. The fourth-order valence-corrected chi connectivity index (χ4v) is 1.86. The van der Waals surface area contributed by atoms with E-state index in [1.807, 2.05) is 6.07 Å². The van der Waals surface area contributed by atoms with E-state index >= 15 is 0 Å². The summed E-state index contributed by atoms with van der Waals surface area (Å²) in [5.74, 6) is -0.114. The molecule has 1 aromatic rings. The van der Waals surface area contributed by atoms with Gasteiger partial charge in [-0.2, -0.15) is 5.26 Å². The Morgan fingerprint density at radius 3 is 2.85 bits per heavy atom. The van der Waals surface area contributed by atoms with Crippen LogP contribution in [0, 0.1) is 21.4 Å². The molecule has 0 bridgehead atoms. The van der Waals surface area contributed by atoms with Gasteiger partial charge in [0.05, 0.1) is 22.7 Å². The molecule has 1 amide bonds. The van der Waals surface area contributed by atoms with Gasteiger partial charge in [-0.25, -0.2) is 0 Å². The smallest absolute Gasteiger partial charge is 0.270 e. The van der Waals surface area contributed by atoms with E-state index in [2.05, 4.69) is 5.32 Å². The number of nitro benzene ring substituents is 1. The number of hydrogen-bond acceptors (Lipinski definition) is 5. The van der Waals surface area contributed by atoms with Gasteiger partial charge >= 0.3 is 0 Å². The third-order valence-electron chi connectivity index (χ3n) is 3.05. The first-order valence-corrected chi connectivity index (χ1v) is 6.20. The number of amides is 1. The van der Waals surface area contributed by atoms with Crippen molar-refractivity contribution in [3.8, 4) is 6.07 Å². The minimum Gasteiger partial charge on any atom is -0.364 e. The van der Waals surface area contributed by atoms with Crippen molar-refractivity contribution in [2.45, 2.75) is 18.9 Å². The Bertz CT molecular complexity index is 590. The van der Waals surface area contributed by atoms with E-state index < -0.39 is 4.92 Å². The summed E-state index contributed by atoms with van der Waals surface area (Å²) in [7, 11) is 1.68. The highest BCUT2D eigenvalue weighted by molar-refractivity contribution is 5.82. The fraction of sp³-hybridized carbons (Fsp3) is 0.385. The minimum atomic E-state index is -0.551. The van der Waals surface area contributed by atoms with Crippen LogP contribution in [0.5, 0.6) is 0 Å². The van der Waals surface area contributed by atoms with Crippen molar-refractivity contribution in [2.75, 3.05) is 18.5 Å². The average Bonchev–Trinajstić information content (AvgIpc) is 3.21. The molecule has 20 heavy (non-hydrogen) atoms. The van der Waals surface area contributed by atoms with E-state index in [1.54, 1.807) is 11.9 Å². The summed E-state index contributed by atoms with van der Waals surface area (Å²) in [6.07, 6.45) is 2.02. The lowest BCUT2D eigenvalue weighted by Gasteiger charge is -2.19. The predicted molar refractivity (Wildman–Crippen MR) is 72.2 cm³/mol. The molecule has 1 saturated carbocycles. The molecule has 0 aromatic heterocycles. The van der Waals surface area contributed by atoms with Crippen LogP contribution < -0.4 is 10.2 Å². The molecule has 7 nitrogen and oxygen atoms in total. The van der Waals surface area contributed by atoms with Crippen molar-refractivity contribution in [2.24, 2.45) is 0 Å². The van der Waals surface area contributed by atoms with Gasteiger partial charge in [0.1, 0.15) is 6.07 Å². The Labute approximate surface area is 115 Å². The quantitative estimate of drug-likeness (QED) is 0.642. The number of nitro groups is 1. The van der Waals surface area contributed by atoms with Gasteiger partial charge in [-0.15, -0.1) is 0 Å². The molecule has 1 aromatic carbocycles. The zero-order valence-electron chi connectivity index (χ0n) is 11.0. The van der Waals surface area contributed by atoms with E-state index in [0.717, 1.165) is 12.8 Å². The van der Waals surface area contributed by atoms with Crippen LogP contribution in [0.1, 0.15) is 18.4 Å². The van der Waals surface area contributed by atoms with Crippen molar-refractivity contribution in [3.63, 3.8) is 0 Å². The van der Waals surface area contributed by atoms with E-state index in [4.69, 9.17) is 5.26 Å². The summed E-state index contributed by atoms with van der Waals surface area (Å²) in [6, 6.07) is 6.23. The maximum Gasteiger partial charge on any atom is 0.270 e. The van der Waals surface area contributed by atoms with E-state index in [1.165, 1.54) is 18.2 Å². The van der Waals surface area contributed by atoms with E-state index in [-0.39, 0.29) is 29.7 Å². The van der Waals surface area contributed by atoms with Crippen LogP contribution >= 0.6 is 0 Å². The Morgan fingerprint density at radius 1 is 1.60 bits per heavy atom. The summed E-state index contributed by atoms with van der Waals surface area (Å²) in [6.45, 7) is 0.114. The van der Waals surface area contributed by atoms with Crippen molar-refractivity contribution in [1.82, 2.24) is 5.32 Å². The molecule has 0 aliphatic heterocycles. The number of nitrogens with one attached hydrogen (secondary N) is 1. The summed E-state index contributed by atoms with van der Waals surface area (Å²) in [4.78, 5) is 23.4. The van der Waals surface area contributed by atoms with Crippen LogP contribution in [0.4, 0.5) is 11.4 Å². The number of rotatable bonds is 5. The van der Waals surface area contributed by atoms with Crippen LogP contribution in [0.2, 0.25) is 0 Å². The highest BCUT2D eigenvalue weighted by Gasteiger charge is 2.24. The van der Waals surface area contributed by atoms with E-state index in [0.29, 0.717) is 5.69 Å². The van der Waals surface area contributed by atoms with Crippen molar-refractivity contribution >= 4 is 17.3 Å². The first kappa shape index (κ1) is 13.8. The molecular weight excluding hydrogens is 260 g/mol. The number of non-ortho nitro benzene ring substituents is 1. The number of carbonyl (C=O) groups excluding carboxylic acids is 1. The third kappa shape index (κ3) is 3.23. The van der Waals surface area contributed by atoms with Crippen molar-refractivity contribution in [1.29, 1.82) is 5.26 Å². The van der Waals surface area contributed by atoms with Crippen LogP contribution in [0.3, 0.4) is 0 Å². The van der Waals surface area contributed by atoms with Crippen LogP contribution in [0.15, 0.2) is 18.2 Å². The second-order valence-electron chi connectivity index (χ2n) is 4.77. The molecule has 104 valence electrons. The van der Waals surface area contributed by atoms with Gasteiger partial charge in [0.15, 0.2) is 0 Å². The van der Waals surface area contributed by atoms with Crippen LogP contribution in [-0.2, 0) is 4.79 Å². The van der Waals surface area contributed by atoms with Gasteiger partial charge in [-0.1, -0.05) is 0 Å². The Kier molecular flexibility index (Phi) is 3.84. The number of nitrogens with zero attached hydrogens (tertiary/aromatic N) is 3. The standard InChI is InChI=1S/C13H14N4O3/c1-16(8-13(18)15-10-2-3-10)12-5-4-11(17(19)20)6-9(12)7-14/h4-6,10H,2-3,8H2,1H3,(H,15,18). The molecule has 0 spiro atoms. The lowest BCUT2D eigenvalue weighted by Crippen LogP contribution is -2.36. The summed E-state index contributed by atoms with van der Waals surface area (Å²) in [5.41, 5.74) is 0.547. The number of anilines is 1. The highest BCUT2D eigenvalue weighted by Crippen LogP contribution is 2.24. The minimum absolute atomic E-state index is 0.114. The van der Waals surface area contributed by atoms with Crippen molar-refractivity contribution < 1.29 is 9.72 Å². The number of carbonyl (C=O) groups is 1. The molecule has 0 atom stereocenters. The fourth-order valence-electron chi connectivity index (χ4n) is 1.86. The molecule has 0 saturated heterocycles.